The van der Waals surface area contributed by atoms with Crippen molar-refractivity contribution < 1.29 is 9.59 Å². The molecule has 1 aromatic rings. The Kier molecular flexibility index (Phi) is 5.21. The van der Waals surface area contributed by atoms with Gasteiger partial charge >= 0.3 is 0 Å². The average molecular weight is 341 g/mol. The number of thioether (sulfide) groups is 1. The fourth-order valence-corrected chi connectivity index (χ4v) is 4.02. The van der Waals surface area contributed by atoms with E-state index in [2.05, 4.69) is 6.07 Å². The third-order valence-corrected chi connectivity index (χ3v) is 5.28. The van der Waals surface area contributed by atoms with Crippen LogP contribution in [-0.2, 0) is 9.59 Å². The van der Waals surface area contributed by atoms with Crippen LogP contribution in [0.1, 0.15) is 25.7 Å². The van der Waals surface area contributed by atoms with Gasteiger partial charge in [0.05, 0.1) is 5.75 Å². The maximum atomic E-state index is 12.8. The molecule has 2 fully saturated rings. The summed E-state index contributed by atoms with van der Waals surface area (Å²) in [5.41, 5.74) is 0.774. The van der Waals surface area contributed by atoms with E-state index in [1.165, 1.54) is 16.7 Å². The van der Waals surface area contributed by atoms with Crippen molar-refractivity contribution in [2.45, 2.75) is 25.7 Å². The molecule has 2 aliphatic heterocycles. The summed E-state index contributed by atoms with van der Waals surface area (Å²) < 4.78 is 0. The number of hydrogen-bond donors (Lipinski definition) is 0. The largest absolute Gasteiger partial charge is 0.338 e. The Morgan fingerprint density at radius 2 is 1.75 bits per heavy atom. The van der Waals surface area contributed by atoms with E-state index in [0.717, 1.165) is 25.7 Å². The van der Waals surface area contributed by atoms with Gasteiger partial charge in [-0.15, -0.1) is 0 Å². The van der Waals surface area contributed by atoms with Crippen LogP contribution < -0.4 is 4.90 Å². The lowest BCUT2D eigenvalue weighted by Gasteiger charge is -2.23. The average Bonchev–Trinajstić information content (AvgIpc) is 2.82. The van der Waals surface area contributed by atoms with E-state index >= 15 is 0 Å². The number of nitriles is 1. The zero-order chi connectivity index (χ0) is 16.9. The summed E-state index contributed by atoms with van der Waals surface area (Å²) in [6, 6.07) is 11.2. The number of para-hydroxylation sites is 1. The van der Waals surface area contributed by atoms with Crippen molar-refractivity contribution in [2.75, 3.05) is 23.7 Å². The van der Waals surface area contributed by atoms with Crippen LogP contribution in [0.2, 0.25) is 0 Å². The first-order chi connectivity index (χ1) is 11.7. The lowest BCUT2D eigenvalue weighted by Crippen LogP contribution is -2.34. The summed E-state index contributed by atoms with van der Waals surface area (Å²) in [5.74, 6) is -0.0990. The molecule has 0 aromatic heterocycles. The van der Waals surface area contributed by atoms with Crippen LogP contribution in [0.4, 0.5) is 5.69 Å². The molecule has 2 aliphatic rings. The van der Waals surface area contributed by atoms with Gasteiger partial charge in [0.25, 0.3) is 5.91 Å². The van der Waals surface area contributed by atoms with Crippen molar-refractivity contribution in [3.8, 4) is 6.07 Å². The summed E-state index contributed by atoms with van der Waals surface area (Å²) >= 11 is 1.27. The number of anilines is 1. The normalized spacial score (nSPS) is 20.5. The van der Waals surface area contributed by atoms with E-state index in [1.807, 2.05) is 30.3 Å². The van der Waals surface area contributed by atoms with Gasteiger partial charge in [-0.1, -0.05) is 42.8 Å². The predicted molar refractivity (Wildman–Crippen MR) is 94.1 cm³/mol. The second-order valence-electron chi connectivity index (χ2n) is 5.85. The van der Waals surface area contributed by atoms with Gasteiger partial charge < -0.3 is 4.90 Å². The van der Waals surface area contributed by atoms with E-state index < -0.39 is 0 Å². The number of hydrogen-bond acceptors (Lipinski definition) is 4. The molecular weight excluding hydrogens is 322 g/mol. The number of carbonyl (C=O) groups excluding carboxylic acids is 2. The van der Waals surface area contributed by atoms with Crippen LogP contribution in [0.25, 0.3) is 0 Å². The standard InChI is InChI=1S/C18H19N3O2S/c19-12-15(17(23)20-10-6-1-2-7-11-20)18-21(16(22)13-24-18)14-8-4-3-5-9-14/h3-5,8-9H,1-2,6-7,10-11,13H2/b18-15+. The Morgan fingerprint density at radius 3 is 2.38 bits per heavy atom. The molecule has 0 unspecified atom stereocenters. The summed E-state index contributed by atoms with van der Waals surface area (Å²) in [5, 5.41) is 10.1. The van der Waals surface area contributed by atoms with Crippen molar-refractivity contribution in [3.63, 3.8) is 0 Å². The molecule has 0 aliphatic carbocycles. The van der Waals surface area contributed by atoms with Crippen molar-refractivity contribution in [3.05, 3.63) is 40.9 Å². The topological polar surface area (TPSA) is 64.4 Å². The molecule has 2 amide bonds. The van der Waals surface area contributed by atoms with Gasteiger partial charge in [0.1, 0.15) is 16.7 Å². The quantitative estimate of drug-likeness (QED) is 0.613. The van der Waals surface area contributed by atoms with Gasteiger partial charge in [0, 0.05) is 18.8 Å². The monoisotopic (exact) mass is 341 g/mol. The minimum atomic E-state index is -0.252. The van der Waals surface area contributed by atoms with Crippen molar-refractivity contribution in [1.82, 2.24) is 4.90 Å². The van der Waals surface area contributed by atoms with Crippen LogP contribution in [0.5, 0.6) is 0 Å². The fraction of sp³-hybridized carbons (Fsp3) is 0.389. The fourth-order valence-electron chi connectivity index (χ4n) is 3.01. The smallest absolute Gasteiger partial charge is 0.267 e. The summed E-state index contributed by atoms with van der Waals surface area (Å²) in [6.45, 7) is 1.36. The molecule has 2 saturated heterocycles. The SMILES string of the molecule is N#C/C(C(=O)N1CCCCCC1)=C1\SCC(=O)N1c1ccccc1. The minimum absolute atomic E-state index is 0.0802. The van der Waals surface area contributed by atoms with E-state index in [9.17, 15) is 14.9 Å². The maximum absolute atomic E-state index is 12.8. The Balaban J connectivity index is 1.95. The number of rotatable bonds is 2. The Labute approximate surface area is 145 Å². The lowest BCUT2D eigenvalue weighted by atomic mass is 10.2. The second kappa shape index (κ2) is 7.54. The highest BCUT2D eigenvalue weighted by Crippen LogP contribution is 2.36. The number of benzene rings is 1. The first-order valence-corrected chi connectivity index (χ1v) is 9.15. The molecule has 24 heavy (non-hydrogen) atoms. The molecule has 0 bridgehead atoms. The van der Waals surface area contributed by atoms with Crippen molar-refractivity contribution in [2.24, 2.45) is 0 Å². The van der Waals surface area contributed by atoms with Gasteiger partial charge in [-0.25, -0.2) is 0 Å². The Hall–Kier alpha value is -2.26. The van der Waals surface area contributed by atoms with Crippen molar-refractivity contribution in [1.29, 1.82) is 5.26 Å². The number of carbonyl (C=O) groups is 2. The van der Waals surface area contributed by atoms with E-state index in [-0.39, 0.29) is 23.1 Å². The zero-order valence-electron chi connectivity index (χ0n) is 13.4. The highest BCUT2D eigenvalue weighted by molar-refractivity contribution is 8.04. The van der Waals surface area contributed by atoms with Gasteiger partial charge in [-0.05, 0) is 25.0 Å². The third-order valence-electron chi connectivity index (χ3n) is 4.23. The first-order valence-electron chi connectivity index (χ1n) is 8.17. The highest BCUT2D eigenvalue weighted by atomic mass is 32.2. The molecule has 0 N–H and O–H groups in total. The van der Waals surface area contributed by atoms with Gasteiger partial charge in [0.2, 0.25) is 5.91 Å². The summed E-state index contributed by atoms with van der Waals surface area (Å²) in [7, 11) is 0. The van der Waals surface area contributed by atoms with Crippen LogP contribution in [-0.4, -0.2) is 35.6 Å². The van der Waals surface area contributed by atoms with E-state index in [0.29, 0.717) is 23.8 Å². The van der Waals surface area contributed by atoms with Gasteiger partial charge in [-0.3, -0.25) is 14.5 Å². The van der Waals surface area contributed by atoms with Gasteiger partial charge in [-0.2, -0.15) is 5.26 Å². The van der Waals surface area contributed by atoms with Crippen LogP contribution in [0, 0.1) is 11.3 Å². The number of nitrogens with zero attached hydrogens (tertiary/aromatic N) is 3. The molecule has 0 radical (unpaired) electrons. The first kappa shape index (κ1) is 16.6. The molecule has 0 atom stereocenters. The maximum Gasteiger partial charge on any atom is 0.267 e. The Bertz CT molecular complexity index is 701. The van der Waals surface area contributed by atoms with Crippen LogP contribution in [0.3, 0.4) is 0 Å². The molecular formula is C18H19N3O2S. The van der Waals surface area contributed by atoms with Crippen LogP contribution in [0.15, 0.2) is 40.9 Å². The molecule has 3 rings (SSSR count). The predicted octanol–water partition coefficient (Wildman–Crippen LogP) is 2.90. The lowest BCUT2D eigenvalue weighted by molar-refractivity contribution is -0.126. The summed E-state index contributed by atoms with van der Waals surface area (Å²) in [4.78, 5) is 28.4. The van der Waals surface area contributed by atoms with Gasteiger partial charge in [0.15, 0.2) is 0 Å². The third kappa shape index (κ3) is 3.31. The van der Waals surface area contributed by atoms with E-state index in [4.69, 9.17) is 0 Å². The Morgan fingerprint density at radius 1 is 1.08 bits per heavy atom. The molecule has 1 aromatic carbocycles. The molecule has 6 heteroatoms. The molecule has 0 saturated carbocycles. The molecule has 0 spiro atoms. The summed E-state index contributed by atoms with van der Waals surface area (Å²) in [6.07, 6.45) is 4.17. The van der Waals surface area contributed by atoms with Crippen molar-refractivity contribution >= 4 is 29.3 Å². The number of amides is 2. The van der Waals surface area contributed by atoms with Crippen LogP contribution >= 0.6 is 11.8 Å². The zero-order valence-corrected chi connectivity index (χ0v) is 14.2. The highest BCUT2D eigenvalue weighted by Gasteiger charge is 2.34. The molecule has 2 heterocycles. The van der Waals surface area contributed by atoms with E-state index in [1.54, 1.807) is 4.90 Å². The number of likely N-dealkylation sites (tertiary alicyclic amines) is 1. The minimum Gasteiger partial charge on any atom is -0.338 e. The molecule has 124 valence electrons. The molecule has 5 nitrogen and oxygen atoms in total. The second-order valence-corrected chi connectivity index (χ2v) is 6.82.